The largest absolute Gasteiger partial charge is 0.461 e. The highest BCUT2D eigenvalue weighted by Gasteiger charge is 2.15. The third-order valence-electron chi connectivity index (χ3n) is 2.30. The average Bonchev–Trinajstić information content (AvgIpc) is 2.87. The highest BCUT2D eigenvalue weighted by atomic mass is 32.1. The standard InChI is InChI=1S/C12H14N4O2S/c1-3-18-12(17)10-11(19-7-16-10)15-6-9-5-13-8(2)4-14-9/h4-5,7,15H,3,6H2,1-2H3. The second kappa shape index (κ2) is 6.24. The first kappa shape index (κ1) is 13.4. The van der Waals surface area contributed by atoms with E-state index in [1.165, 1.54) is 11.3 Å². The van der Waals surface area contributed by atoms with Crippen molar-refractivity contribution in [1.29, 1.82) is 0 Å². The highest BCUT2D eigenvalue weighted by Crippen LogP contribution is 2.21. The van der Waals surface area contributed by atoms with Gasteiger partial charge in [-0.3, -0.25) is 9.97 Å². The van der Waals surface area contributed by atoms with Crippen LogP contribution in [0.2, 0.25) is 0 Å². The van der Waals surface area contributed by atoms with Crippen molar-refractivity contribution in [2.75, 3.05) is 11.9 Å². The third kappa shape index (κ3) is 3.47. The van der Waals surface area contributed by atoms with Gasteiger partial charge in [0.2, 0.25) is 0 Å². The minimum absolute atomic E-state index is 0.312. The number of esters is 1. The molecule has 0 aliphatic heterocycles. The summed E-state index contributed by atoms with van der Waals surface area (Å²) < 4.78 is 4.93. The summed E-state index contributed by atoms with van der Waals surface area (Å²) in [4.78, 5) is 24.0. The summed E-state index contributed by atoms with van der Waals surface area (Å²) in [7, 11) is 0. The van der Waals surface area contributed by atoms with E-state index < -0.39 is 5.97 Å². The minimum atomic E-state index is -0.416. The summed E-state index contributed by atoms with van der Waals surface area (Å²) in [5, 5.41) is 3.80. The van der Waals surface area contributed by atoms with Gasteiger partial charge in [-0.15, -0.1) is 11.3 Å². The van der Waals surface area contributed by atoms with Crippen LogP contribution in [0.5, 0.6) is 0 Å². The molecule has 0 amide bonds. The fourth-order valence-corrected chi connectivity index (χ4v) is 2.06. The fraction of sp³-hybridized carbons (Fsp3) is 0.333. The lowest BCUT2D eigenvalue weighted by atomic mass is 10.4. The van der Waals surface area contributed by atoms with Gasteiger partial charge in [0.05, 0.1) is 36.2 Å². The Kier molecular flexibility index (Phi) is 4.40. The number of nitrogens with one attached hydrogen (secondary N) is 1. The number of nitrogens with zero attached hydrogens (tertiary/aromatic N) is 3. The zero-order chi connectivity index (χ0) is 13.7. The van der Waals surface area contributed by atoms with Gasteiger partial charge in [0.25, 0.3) is 0 Å². The molecule has 0 radical (unpaired) electrons. The number of hydrogen-bond acceptors (Lipinski definition) is 7. The number of carbonyl (C=O) groups is 1. The Morgan fingerprint density at radius 2 is 2.21 bits per heavy atom. The van der Waals surface area contributed by atoms with Crippen molar-refractivity contribution in [3.63, 3.8) is 0 Å². The maximum Gasteiger partial charge on any atom is 0.360 e. The Labute approximate surface area is 114 Å². The van der Waals surface area contributed by atoms with Crippen LogP contribution in [0.3, 0.4) is 0 Å². The van der Waals surface area contributed by atoms with Gasteiger partial charge in [0.15, 0.2) is 5.69 Å². The van der Waals surface area contributed by atoms with Crippen LogP contribution in [-0.4, -0.2) is 27.5 Å². The third-order valence-corrected chi connectivity index (χ3v) is 3.08. The van der Waals surface area contributed by atoms with Crippen LogP contribution in [0.4, 0.5) is 5.00 Å². The molecule has 1 N–H and O–H groups in total. The molecule has 0 spiro atoms. The molecule has 0 saturated heterocycles. The summed E-state index contributed by atoms with van der Waals surface area (Å²) >= 11 is 1.35. The monoisotopic (exact) mass is 278 g/mol. The van der Waals surface area contributed by atoms with E-state index in [1.54, 1.807) is 24.8 Å². The molecule has 2 aromatic heterocycles. The van der Waals surface area contributed by atoms with Crippen molar-refractivity contribution in [2.24, 2.45) is 0 Å². The van der Waals surface area contributed by atoms with Crippen molar-refractivity contribution in [3.8, 4) is 0 Å². The average molecular weight is 278 g/mol. The maximum absolute atomic E-state index is 11.6. The molecule has 0 aliphatic carbocycles. The molecule has 0 fully saturated rings. The Hall–Kier alpha value is -2.02. The van der Waals surface area contributed by atoms with Crippen molar-refractivity contribution in [1.82, 2.24) is 15.0 Å². The zero-order valence-electron chi connectivity index (χ0n) is 10.7. The van der Waals surface area contributed by atoms with Gasteiger partial charge in [-0.05, 0) is 13.8 Å². The van der Waals surface area contributed by atoms with Gasteiger partial charge in [0.1, 0.15) is 5.00 Å². The van der Waals surface area contributed by atoms with Gasteiger partial charge in [-0.25, -0.2) is 9.78 Å². The van der Waals surface area contributed by atoms with E-state index in [0.717, 1.165) is 11.4 Å². The second-order valence-corrected chi connectivity index (χ2v) is 4.61. The summed E-state index contributed by atoms with van der Waals surface area (Å²) in [5.41, 5.74) is 3.59. The van der Waals surface area contributed by atoms with Gasteiger partial charge in [0, 0.05) is 6.20 Å². The number of aryl methyl sites for hydroxylation is 1. The number of rotatable bonds is 5. The topological polar surface area (TPSA) is 77.0 Å². The predicted octanol–water partition coefficient (Wildman–Crippen LogP) is 2.03. The Morgan fingerprint density at radius 3 is 2.89 bits per heavy atom. The predicted molar refractivity (Wildman–Crippen MR) is 72.2 cm³/mol. The van der Waals surface area contributed by atoms with Crippen LogP contribution in [0, 0.1) is 6.92 Å². The van der Waals surface area contributed by atoms with Crippen LogP contribution >= 0.6 is 11.3 Å². The number of anilines is 1. The Balaban J connectivity index is 2.02. The lowest BCUT2D eigenvalue weighted by molar-refractivity contribution is 0.0521. The normalized spacial score (nSPS) is 10.2. The molecule has 0 aromatic carbocycles. The summed E-state index contributed by atoms with van der Waals surface area (Å²) in [6.07, 6.45) is 3.41. The zero-order valence-corrected chi connectivity index (χ0v) is 11.5. The van der Waals surface area contributed by atoms with Crippen LogP contribution in [0.25, 0.3) is 0 Å². The van der Waals surface area contributed by atoms with Gasteiger partial charge >= 0.3 is 5.97 Å². The first-order valence-corrected chi connectivity index (χ1v) is 6.70. The molecule has 2 heterocycles. The molecule has 0 unspecified atom stereocenters. The van der Waals surface area contributed by atoms with E-state index in [0.29, 0.717) is 23.8 Å². The molecule has 2 aromatic rings. The van der Waals surface area contributed by atoms with E-state index in [4.69, 9.17) is 4.74 Å². The Morgan fingerprint density at radius 1 is 1.37 bits per heavy atom. The first-order chi connectivity index (χ1) is 9.20. The molecule has 7 heteroatoms. The number of ether oxygens (including phenoxy) is 1. The molecular formula is C12H14N4O2S. The molecule has 0 saturated carbocycles. The SMILES string of the molecule is CCOC(=O)c1ncsc1NCc1cnc(C)cn1. The van der Waals surface area contributed by atoms with Crippen LogP contribution < -0.4 is 5.32 Å². The number of aromatic nitrogens is 3. The van der Waals surface area contributed by atoms with Crippen LogP contribution in [0.1, 0.15) is 28.8 Å². The first-order valence-electron chi connectivity index (χ1n) is 5.82. The fourth-order valence-electron chi connectivity index (χ4n) is 1.40. The minimum Gasteiger partial charge on any atom is -0.461 e. The molecular weight excluding hydrogens is 264 g/mol. The summed E-state index contributed by atoms with van der Waals surface area (Å²) in [5.74, 6) is -0.416. The van der Waals surface area contributed by atoms with E-state index in [-0.39, 0.29) is 0 Å². The van der Waals surface area contributed by atoms with E-state index >= 15 is 0 Å². The summed E-state index contributed by atoms with van der Waals surface area (Å²) in [6, 6.07) is 0. The second-order valence-electron chi connectivity index (χ2n) is 3.75. The quantitative estimate of drug-likeness (QED) is 0.843. The van der Waals surface area contributed by atoms with Gasteiger partial charge in [-0.2, -0.15) is 0 Å². The van der Waals surface area contributed by atoms with Crippen molar-refractivity contribution in [3.05, 3.63) is 35.0 Å². The summed E-state index contributed by atoms with van der Waals surface area (Å²) in [6.45, 7) is 4.46. The molecule has 0 atom stereocenters. The van der Waals surface area contributed by atoms with Crippen molar-refractivity contribution >= 4 is 22.3 Å². The molecule has 2 rings (SSSR count). The van der Waals surface area contributed by atoms with Crippen LogP contribution in [-0.2, 0) is 11.3 Å². The molecule has 0 aliphatic rings. The van der Waals surface area contributed by atoms with E-state index in [9.17, 15) is 4.79 Å². The number of hydrogen-bond donors (Lipinski definition) is 1. The molecule has 6 nitrogen and oxygen atoms in total. The highest BCUT2D eigenvalue weighted by molar-refractivity contribution is 7.14. The van der Waals surface area contributed by atoms with Gasteiger partial charge < -0.3 is 10.1 Å². The molecule has 100 valence electrons. The lowest BCUT2D eigenvalue weighted by Gasteiger charge is -2.05. The van der Waals surface area contributed by atoms with Crippen molar-refractivity contribution < 1.29 is 9.53 Å². The molecule has 19 heavy (non-hydrogen) atoms. The Bertz CT molecular complexity index is 553. The van der Waals surface area contributed by atoms with E-state index in [1.807, 2.05) is 6.92 Å². The van der Waals surface area contributed by atoms with Crippen molar-refractivity contribution in [2.45, 2.75) is 20.4 Å². The van der Waals surface area contributed by atoms with Gasteiger partial charge in [-0.1, -0.05) is 0 Å². The van der Waals surface area contributed by atoms with E-state index in [2.05, 4.69) is 20.3 Å². The van der Waals surface area contributed by atoms with Crippen LogP contribution in [0.15, 0.2) is 17.9 Å². The maximum atomic E-state index is 11.6. The lowest BCUT2D eigenvalue weighted by Crippen LogP contribution is -2.09. The molecule has 0 bridgehead atoms. The number of thiazole rings is 1. The number of carbonyl (C=O) groups excluding carboxylic acids is 1. The smallest absolute Gasteiger partial charge is 0.360 e.